The van der Waals surface area contributed by atoms with Crippen LogP contribution >= 0.6 is 22.9 Å². The van der Waals surface area contributed by atoms with Gasteiger partial charge in [0.1, 0.15) is 11.3 Å². The van der Waals surface area contributed by atoms with Crippen LogP contribution in [-0.2, 0) is 4.74 Å². The molecular weight excluding hydrogens is 502 g/mol. The number of carbonyl (C=O) groups excluding carboxylic acids is 2. The Morgan fingerprint density at radius 3 is 2.36 bits per heavy atom. The molecule has 0 aliphatic heterocycles. The molecule has 2 heterocycles. The monoisotopic (exact) mass is 523 g/mol. The summed E-state index contributed by atoms with van der Waals surface area (Å²) < 4.78 is 7.45. The van der Waals surface area contributed by atoms with Crippen molar-refractivity contribution in [1.82, 2.24) is 9.78 Å². The molecule has 36 heavy (non-hydrogen) atoms. The van der Waals surface area contributed by atoms with Crippen LogP contribution in [0.3, 0.4) is 0 Å². The lowest BCUT2D eigenvalue weighted by Gasteiger charge is -2.19. The molecule has 0 spiro atoms. The van der Waals surface area contributed by atoms with E-state index in [0.717, 1.165) is 0 Å². The summed E-state index contributed by atoms with van der Waals surface area (Å²) >= 11 is 7.40. The predicted molar refractivity (Wildman–Crippen MR) is 138 cm³/mol. The summed E-state index contributed by atoms with van der Waals surface area (Å²) in [7, 11) is 0. The Balaban J connectivity index is 1.66. The van der Waals surface area contributed by atoms with Gasteiger partial charge in [-0.05, 0) is 75.4 Å². The number of hydrogen-bond donors (Lipinski definition) is 2. The summed E-state index contributed by atoms with van der Waals surface area (Å²) in [5.74, 6) is -1.97. The molecule has 2 N–H and O–H groups in total. The van der Waals surface area contributed by atoms with Gasteiger partial charge in [0.15, 0.2) is 0 Å². The number of benzene rings is 2. The van der Waals surface area contributed by atoms with Crippen molar-refractivity contribution in [3.05, 3.63) is 87.9 Å². The molecule has 2 aromatic heterocycles. The number of esters is 1. The second kappa shape index (κ2) is 9.96. The highest BCUT2D eigenvalue weighted by molar-refractivity contribution is 7.19. The Bertz CT molecular complexity index is 1450. The number of carboxylic acids is 1. The van der Waals surface area contributed by atoms with Crippen molar-refractivity contribution < 1.29 is 24.2 Å². The zero-order chi connectivity index (χ0) is 26.0. The molecule has 0 saturated heterocycles. The predicted octanol–water partition coefficient (Wildman–Crippen LogP) is 6.16. The molecular formula is C26H22ClN3O5S. The number of ether oxygens (including phenoxy) is 1. The van der Waals surface area contributed by atoms with Crippen LogP contribution in [0, 0.1) is 0 Å². The standard InChI is InChI=1S/C26H22ClN3O5S/c1-26(2,3)35-25(34)16-5-4-6-17(13-16)28-23(31)19-14-30(18-9-7-15(8-10-18)24(32)33)29-22(19)20-11-12-21(27)36-20/h4-14H,1-3H3,(H,28,31)(H,32,33). The van der Waals surface area contributed by atoms with Crippen molar-refractivity contribution in [2.45, 2.75) is 26.4 Å². The first-order valence-electron chi connectivity index (χ1n) is 10.8. The van der Waals surface area contributed by atoms with E-state index in [9.17, 15) is 14.4 Å². The highest BCUT2D eigenvalue weighted by atomic mass is 35.5. The first-order valence-corrected chi connectivity index (χ1v) is 12.0. The van der Waals surface area contributed by atoms with E-state index in [-0.39, 0.29) is 11.1 Å². The van der Waals surface area contributed by atoms with E-state index in [4.69, 9.17) is 21.4 Å². The summed E-state index contributed by atoms with van der Waals surface area (Å²) in [5.41, 5.74) is 1.48. The van der Waals surface area contributed by atoms with Crippen LogP contribution in [0.1, 0.15) is 51.8 Å². The van der Waals surface area contributed by atoms with Crippen molar-refractivity contribution in [3.63, 3.8) is 0 Å². The third-order valence-corrected chi connectivity index (χ3v) is 6.14. The Kier molecular flexibility index (Phi) is 6.96. The van der Waals surface area contributed by atoms with Crippen molar-refractivity contribution >= 4 is 46.5 Å². The first-order chi connectivity index (χ1) is 17.0. The number of hydrogen-bond acceptors (Lipinski definition) is 6. The third-order valence-electron chi connectivity index (χ3n) is 4.90. The SMILES string of the molecule is CC(C)(C)OC(=O)c1cccc(NC(=O)c2cn(-c3ccc(C(=O)O)cc3)nc2-c2ccc(Cl)s2)c1. The van der Waals surface area contributed by atoms with Gasteiger partial charge in [0.05, 0.1) is 31.6 Å². The molecule has 4 rings (SSSR count). The van der Waals surface area contributed by atoms with E-state index < -0.39 is 23.4 Å². The molecule has 1 amide bonds. The molecule has 8 nitrogen and oxygen atoms in total. The number of anilines is 1. The second-order valence-electron chi connectivity index (χ2n) is 8.83. The summed E-state index contributed by atoms with van der Waals surface area (Å²) in [6.45, 7) is 5.34. The third kappa shape index (κ3) is 5.81. The van der Waals surface area contributed by atoms with E-state index in [2.05, 4.69) is 10.4 Å². The molecule has 0 radical (unpaired) electrons. The lowest BCUT2D eigenvalue weighted by molar-refractivity contribution is 0.00692. The van der Waals surface area contributed by atoms with Gasteiger partial charge in [-0.1, -0.05) is 17.7 Å². The van der Waals surface area contributed by atoms with Gasteiger partial charge in [-0.2, -0.15) is 5.10 Å². The Hall–Kier alpha value is -3.95. The Morgan fingerprint density at radius 2 is 1.75 bits per heavy atom. The number of nitrogens with one attached hydrogen (secondary N) is 1. The van der Waals surface area contributed by atoms with E-state index in [1.54, 1.807) is 75.5 Å². The van der Waals surface area contributed by atoms with Crippen LogP contribution in [0.25, 0.3) is 16.3 Å². The largest absolute Gasteiger partial charge is 0.478 e. The minimum Gasteiger partial charge on any atom is -0.478 e. The number of rotatable bonds is 6. The Morgan fingerprint density at radius 1 is 1.03 bits per heavy atom. The van der Waals surface area contributed by atoms with Crippen LogP contribution < -0.4 is 5.32 Å². The minimum absolute atomic E-state index is 0.138. The van der Waals surface area contributed by atoms with Gasteiger partial charge < -0.3 is 15.2 Å². The van der Waals surface area contributed by atoms with Crippen molar-refractivity contribution in [3.8, 4) is 16.3 Å². The highest BCUT2D eigenvalue weighted by Gasteiger charge is 2.22. The van der Waals surface area contributed by atoms with Crippen molar-refractivity contribution in [2.75, 3.05) is 5.32 Å². The van der Waals surface area contributed by atoms with Gasteiger partial charge in [-0.15, -0.1) is 11.3 Å². The van der Waals surface area contributed by atoms with Gasteiger partial charge in [0, 0.05) is 11.9 Å². The molecule has 0 bridgehead atoms. The topological polar surface area (TPSA) is 111 Å². The second-order valence-corrected chi connectivity index (χ2v) is 10.5. The smallest absolute Gasteiger partial charge is 0.338 e. The van der Waals surface area contributed by atoms with Crippen molar-refractivity contribution in [1.29, 1.82) is 0 Å². The fraction of sp³-hybridized carbons (Fsp3) is 0.154. The van der Waals surface area contributed by atoms with Crippen LogP contribution in [0.2, 0.25) is 4.34 Å². The Labute approximate surface area is 216 Å². The number of halogens is 1. The van der Waals surface area contributed by atoms with Gasteiger partial charge in [0.25, 0.3) is 5.91 Å². The highest BCUT2D eigenvalue weighted by Crippen LogP contribution is 2.33. The number of nitrogens with zero attached hydrogens (tertiary/aromatic N) is 2. The summed E-state index contributed by atoms with van der Waals surface area (Å²) in [6.07, 6.45) is 1.56. The lowest BCUT2D eigenvalue weighted by Crippen LogP contribution is -2.24. The summed E-state index contributed by atoms with van der Waals surface area (Å²) in [5, 5.41) is 16.5. The molecule has 4 aromatic rings. The van der Waals surface area contributed by atoms with E-state index in [1.807, 2.05) is 0 Å². The number of carboxylic acid groups (broad SMARTS) is 1. The maximum atomic E-state index is 13.3. The first kappa shape index (κ1) is 25.2. The summed E-state index contributed by atoms with van der Waals surface area (Å²) in [4.78, 5) is 37.6. The van der Waals surface area contributed by atoms with Crippen LogP contribution in [0.4, 0.5) is 5.69 Å². The fourth-order valence-electron chi connectivity index (χ4n) is 3.31. The quantitative estimate of drug-likeness (QED) is 0.293. The van der Waals surface area contributed by atoms with E-state index >= 15 is 0 Å². The van der Waals surface area contributed by atoms with Crippen LogP contribution in [0.5, 0.6) is 0 Å². The maximum absolute atomic E-state index is 13.3. The number of thiophene rings is 1. The minimum atomic E-state index is -1.04. The van der Waals surface area contributed by atoms with Gasteiger partial charge in [-0.3, -0.25) is 4.79 Å². The molecule has 0 aliphatic rings. The summed E-state index contributed by atoms with van der Waals surface area (Å²) in [6, 6.07) is 16.1. The molecule has 2 aromatic carbocycles. The average molecular weight is 524 g/mol. The van der Waals surface area contributed by atoms with Gasteiger partial charge >= 0.3 is 11.9 Å². The molecule has 0 unspecified atom stereocenters. The van der Waals surface area contributed by atoms with Crippen LogP contribution in [0.15, 0.2) is 66.9 Å². The van der Waals surface area contributed by atoms with Gasteiger partial charge in [-0.25, -0.2) is 14.3 Å². The average Bonchev–Trinajstić information content (AvgIpc) is 3.45. The number of aromatic nitrogens is 2. The van der Waals surface area contributed by atoms with E-state index in [1.165, 1.54) is 28.2 Å². The molecule has 10 heteroatoms. The normalized spacial score (nSPS) is 11.2. The van der Waals surface area contributed by atoms with E-state index in [0.29, 0.717) is 31.8 Å². The maximum Gasteiger partial charge on any atom is 0.338 e. The van der Waals surface area contributed by atoms with Crippen molar-refractivity contribution in [2.24, 2.45) is 0 Å². The van der Waals surface area contributed by atoms with Crippen LogP contribution in [-0.4, -0.2) is 38.3 Å². The van der Waals surface area contributed by atoms with Gasteiger partial charge in [0.2, 0.25) is 0 Å². The number of amides is 1. The fourth-order valence-corrected chi connectivity index (χ4v) is 4.35. The number of aromatic carboxylic acids is 1. The molecule has 0 aliphatic carbocycles. The molecule has 0 fully saturated rings. The number of carbonyl (C=O) groups is 3. The molecule has 0 saturated carbocycles. The molecule has 184 valence electrons. The zero-order valence-corrected chi connectivity index (χ0v) is 21.2. The molecule has 0 atom stereocenters. The zero-order valence-electron chi connectivity index (χ0n) is 19.6. The lowest BCUT2D eigenvalue weighted by atomic mass is 10.1.